The fraction of sp³-hybridized carbons (Fsp3) is 0.571. The van der Waals surface area contributed by atoms with Gasteiger partial charge in [-0.3, -0.25) is 0 Å². The van der Waals surface area contributed by atoms with E-state index in [4.69, 9.17) is 21.1 Å². The van der Waals surface area contributed by atoms with E-state index in [-0.39, 0.29) is 6.10 Å². The molecule has 1 aliphatic heterocycles. The standard InChI is InChI=1S/C14H20ClNO2/c1-2-16-9-11-8-12(15)5-6-14(11)18-13-4-3-7-17-10-13/h5-6,8,13,16H,2-4,7,9-10H2,1H3. The summed E-state index contributed by atoms with van der Waals surface area (Å²) in [4.78, 5) is 0. The normalized spacial score (nSPS) is 19.8. The fourth-order valence-corrected chi connectivity index (χ4v) is 2.24. The molecule has 0 aliphatic carbocycles. The molecule has 100 valence electrons. The van der Waals surface area contributed by atoms with E-state index in [9.17, 15) is 0 Å². The van der Waals surface area contributed by atoms with Crippen LogP contribution in [0.2, 0.25) is 5.02 Å². The molecule has 1 unspecified atom stereocenters. The smallest absolute Gasteiger partial charge is 0.124 e. The molecule has 3 nitrogen and oxygen atoms in total. The minimum absolute atomic E-state index is 0.167. The van der Waals surface area contributed by atoms with Crippen molar-refractivity contribution in [3.05, 3.63) is 28.8 Å². The van der Waals surface area contributed by atoms with Crippen molar-refractivity contribution < 1.29 is 9.47 Å². The van der Waals surface area contributed by atoms with Crippen LogP contribution in [0, 0.1) is 0 Å². The highest BCUT2D eigenvalue weighted by Gasteiger charge is 2.16. The van der Waals surface area contributed by atoms with Gasteiger partial charge in [0.15, 0.2) is 0 Å². The summed E-state index contributed by atoms with van der Waals surface area (Å²) in [5.74, 6) is 0.913. The predicted molar refractivity (Wildman–Crippen MR) is 73.3 cm³/mol. The highest BCUT2D eigenvalue weighted by molar-refractivity contribution is 6.30. The number of hydrogen-bond acceptors (Lipinski definition) is 3. The molecule has 1 atom stereocenters. The van der Waals surface area contributed by atoms with Crippen molar-refractivity contribution >= 4 is 11.6 Å². The van der Waals surface area contributed by atoms with Crippen LogP contribution in [0.3, 0.4) is 0 Å². The first-order valence-corrected chi connectivity index (χ1v) is 6.91. The zero-order valence-electron chi connectivity index (χ0n) is 10.7. The van der Waals surface area contributed by atoms with E-state index < -0.39 is 0 Å². The van der Waals surface area contributed by atoms with Crippen LogP contribution < -0.4 is 10.1 Å². The molecule has 0 radical (unpaired) electrons. The number of hydrogen-bond donors (Lipinski definition) is 1. The van der Waals surface area contributed by atoms with Crippen molar-refractivity contribution in [2.75, 3.05) is 19.8 Å². The second-order valence-electron chi connectivity index (χ2n) is 4.49. The van der Waals surface area contributed by atoms with E-state index in [0.29, 0.717) is 6.61 Å². The van der Waals surface area contributed by atoms with Crippen molar-refractivity contribution in [2.24, 2.45) is 0 Å². The van der Waals surface area contributed by atoms with Gasteiger partial charge in [0, 0.05) is 23.7 Å². The Morgan fingerprint density at radius 3 is 3.11 bits per heavy atom. The molecule has 18 heavy (non-hydrogen) atoms. The van der Waals surface area contributed by atoms with Crippen LogP contribution in [0.4, 0.5) is 0 Å². The van der Waals surface area contributed by atoms with E-state index in [2.05, 4.69) is 12.2 Å². The molecule has 0 spiro atoms. The Bertz CT molecular complexity index is 378. The Morgan fingerprint density at radius 2 is 2.39 bits per heavy atom. The van der Waals surface area contributed by atoms with Gasteiger partial charge < -0.3 is 14.8 Å². The van der Waals surface area contributed by atoms with Crippen LogP contribution in [0.15, 0.2) is 18.2 Å². The monoisotopic (exact) mass is 269 g/mol. The Labute approximate surface area is 113 Å². The lowest BCUT2D eigenvalue weighted by molar-refractivity contribution is 0.00701. The summed E-state index contributed by atoms with van der Waals surface area (Å²) >= 11 is 6.03. The molecule has 1 aromatic carbocycles. The van der Waals surface area contributed by atoms with Crippen LogP contribution >= 0.6 is 11.6 Å². The lowest BCUT2D eigenvalue weighted by Crippen LogP contribution is -2.28. The number of nitrogens with one attached hydrogen (secondary N) is 1. The van der Waals surface area contributed by atoms with E-state index in [1.54, 1.807) is 0 Å². The average molecular weight is 270 g/mol. The minimum atomic E-state index is 0.167. The van der Waals surface area contributed by atoms with Gasteiger partial charge in [0.1, 0.15) is 11.9 Å². The third-order valence-electron chi connectivity index (χ3n) is 3.00. The third kappa shape index (κ3) is 3.87. The maximum atomic E-state index is 6.03. The van der Waals surface area contributed by atoms with Crippen LogP contribution in [0.1, 0.15) is 25.3 Å². The van der Waals surface area contributed by atoms with Crippen molar-refractivity contribution in [2.45, 2.75) is 32.4 Å². The van der Waals surface area contributed by atoms with Gasteiger partial charge >= 0.3 is 0 Å². The van der Waals surface area contributed by atoms with Crippen molar-refractivity contribution in [3.8, 4) is 5.75 Å². The Morgan fingerprint density at radius 1 is 1.50 bits per heavy atom. The summed E-state index contributed by atoms with van der Waals surface area (Å²) < 4.78 is 11.4. The second-order valence-corrected chi connectivity index (χ2v) is 4.93. The molecule has 0 aromatic heterocycles. The Balaban J connectivity index is 2.04. The quantitative estimate of drug-likeness (QED) is 0.891. The molecular weight excluding hydrogens is 250 g/mol. The van der Waals surface area contributed by atoms with Gasteiger partial charge in [-0.15, -0.1) is 0 Å². The molecule has 0 amide bonds. The molecule has 4 heteroatoms. The average Bonchev–Trinajstić information content (AvgIpc) is 2.40. The van der Waals surface area contributed by atoms with Crippen LogP contribution in [0.25, 0.3) is 0 Å². The maximum Gasteiger partial charge on any atom is 0.124 e. The first-order chi connectivity index (χ1) is 8.79. The molecule has 2 rings (SSSR count). The highest BCUT2D eigenvalue weighted by atomic mass is 35.5. The first-order valence-electron chi connectivity index (χ1n) is 6.53. The summed E-state index contributed by atoms with van der Waals surface area (Å²) in [6.45, 7) is 5.33. The molecular formula is C14H20ClNO2. The van der Waals surface area contributed by atoms with Crippen molar-refractivity contribution in [1.29, 1.82) is 0 Å². The van der Waals surface area contributed by atoms with Gasteiger partial charge in [-0.2, -0.15) is 0 Å². The van der Waals surface area contributed by atoms with Gasteiger partial charge in [0.05, 0.1) is 6.61 Å². The van der Waals surface area contributed by atoms with Gasteiger partial charge in [0.2, 0.25) is 0 Å². The largest absolute Gasteiger partial charge is 0.488 e. The SMILES string of the molecule is CCNCc1cc(Cl)ccc1OC1CCCOC1. The Hall–Kier alpha value is -0.770. The molecule has 0 saturated carbocycles. The van der Waals surface area contributed by atoms with Crippen LogP contribution in [-0.4, -0.2) is 25.9 Å². The summed E-state index contributed by atoms with van der Waals surface area (Å²) in [5, 5.41) is 4.05. The number of benzene rings is 1. The van der Waals surface area contributed by atoms with E-state index >= 15 is 0 Å². The van der Waals surface area contributed by atoms with E-state index in [1.807, 2.05) is 18.2 Å². The lowest BCUT2D eigenvalue weighted by Gasteiger charge is -2.24. The molecule has 1 heterocycles. The number of ether oxygens (including phenoxy) is 2. The summed E-state index contributed by atoms with van der Waals surface area (Å²) in [6, 6.07) is 5.78. The molecule has 1 N–H and O–H groups in total. The second kappa shape index (κ2) is 6.98. The first kappa shape index (κ1) is 13.7. The lowest BCUT2D eigenvalue weighted by atomic mass is 10.1. The molecule has 1 aliphatic rings. The van der Waals surface area contributed by atoms with Crippen LogP contribution in [0.5, 0.6) is 5.75 Å². The summed E-state index contributed by atoms with van der Waals surface area (Å²) in [6.07, 6.45) is 2.30. The minimum Gasteiger partial charge on any atom is -0.488 e. The van der Waals surface area contributed by atoms with Crippen molar-refractivity contribution in [1.82, 2.24) is 5.32 Å². The fourth-order valence-electron chi connectivity index (χ4n) is 2.04. The highest BCUT2D eigenvalue weighted by Crippen LogP contribution is 2.25. The summed E-state index contributed by atoms with van der Waals surface area (Å²) in [7, 11) is 0. The molecule has 0 bridgehead atoms. The molecule has 1 fully saturated rings. The van der Waals surface area contributed by atoms with Gasteiger partial charge in [-0.05, 0) is 37.6 Å². The number of halogens is 1. The molecule has 1 saturated heterocycles. The van der Waals surface area contributed by atoms with Gasteiger partial charge in [-0.25, -0.2) is 0 Å². The zero-order valence-corrected chi connectivity index (χ0v) is 11.5. The zero-order chi connectivity index (χ0) is 12.8. The van der Waals surface area contributed by atoms with E-state index in [1.165, 1.54) is 0 Å². The number of rotatable bonds is 5. The van der Waals surface area contributed by atoms with Crippen molar-refractivity contribution in [3.63, 3.8) is 0 Å². The Kier molecular flexibility index (Phi) is 5.29. The van der Waals surface area contributed by atoms with Gasteiger partial charge in [0.25, 0.3) is 0 Å². The predicted octanol–water partition coefficient (Wildman–Crippen LogP) is 3.01. The van der Waals surface area contributed by atoms with Crippen LogP contribution in [-0.2, 0) is 11.3 Å². The summed E-state index contributed by atoms with van der Waals surface area (Å²) in [5.41, 5.74) is 1.11. The third-order valence-corrected chi connectivity index (χ3v) is 3.24. The van der Waals surface area contributed by atoms with Gasteiger partial charge in [-0.1, -0.05) is 18.5 Å². The molecule has 1 aromatic rings. The topological polar surface area (TPSA) is 30.5 Å². The maximum absolute atomic E-state index is 6.03. The van der Waals surface area contributed by atoms with E-state index in [0.717, 1.165) is 48.9 Å².